The molecule has 1 heterocycles. The van der Waals surface area contributed by atoms with Gasteiger partial charge in [0.05, 0.1) is 0 Å². The second-order valence-electron chi connectivity index (χ2n) is 3.53. The number of nitrogens with two attached hydrogens (primary N) is 1. The fraction of sp³-hybridized carbons (Fsp3) is 0.0833. The van der Waals surface area contributed by atoms with Crippen molar-refractivity contribution >= 4 is 21.7 Å². The van der Waals surface area contributed by atoms with Gasteiger partial charge in [0.25, 0.3) is 0 Å². The molecule has 0 fully saturated rings. The molecule has 1 aromatic carbocycles. The molecule has 0 unspecified atom stereocenters. The lowest BCUT2D eigenvalue weighted by molar-refractivity contribution is 0.481. The minimum absolute atomic E-state index is 0.566. The van der Waals surface area contributed by atoms with E-state index in [9.17, 15) is 0 Å². The van der Waals surface area contributed by atoms with Gasteiger partial charge in [-0.15, -0.1) is 0 Å². The first-order valence-corrected chi connectivity index (χ1v) is 5.85. The molecule has 0 saturated heterocycles. The Kier molecular flexibility index (Phi) is 3.61. The Morgan fingerprint density at radius 2 is 2.00 bits per heavy atom. The predicted octanol–water partition coefficient (Wildman–Crippen LogP) is 3.23. The van der Waals surface area contributed by atoms with E-state index in [1.807, 2.05) is 25.1 Å². The topological polar surface area (TPSA) is 60.2 Å². The molecule has 17 heavy (non-hydrogen) atoms. The van der Waals surface area contributed by atoms with Gasteiger partial charge in [-0.05, 0) is 36.8 Å². The number of rotatable bonds is 3. The lowest BCUT2D eigenvalue weighted by Gasteiger charge is -2.08. The second kappa shape index (κ2) is 5.16. The number of nitrogens with one attached hydrogen (secondary N) is 1. The molecular weight excluding hydrogens is 282 g/mol. The van der Waals surface area contributed by atoms with Crippen LogP contribution in [-0.2, 0) is 0 Å². The highest BCUT2D eigenvalue weighted by molar-refractivity contribution is 9.10. The molecular formula is C12H12BrN3O. The molecule has 3 N–H and O–H groups in total. The quantitative estimate of drug-likeness (QED) is 0.674. The normalized spacial score (nSPS) is 10.1. The third-order valence-electron chi connectivity index (χ3n) is 2.24. The molecule has 0 atom stereocenters. The van der Waals surface area contributed by atoms with Crippen molar-refractivity contribution in [3.05, 3.63) is 46.6 Å². The first kappa shape index (κ1) is 11.9. The van der Waals surface area contributed by atoms with Gasteiger partial charge in [-0.1, -0.05) is 15.9 Å². The summed E-state index contributed by atoms with van der Waals surface area (Å²) in [6, 6.07) is 9.32. The number of hydrogen-bond donors (Lipinski definition) is 2. The molecule has 0 spiro atoms. The molecule has 1 aromatic heterocycles. The first-order valence-electron chi connectivity index (χ1n) is 5.06. The van der Waals surface area contributed by atoms with Crippen molar-refractivity contribution in [3.63, 3.8) is 0 Å². The Balaban J connectivity index is 2.22. The van der Waals surface area contributed by atoms with Crippen molar-refractivity contribution in [1.82, 2.24) is 4.98 Å². The van der Waals surface area contributed by atoms with Crippen molar-refractivity contribution < 1.29 is 4.74 Å². The van der Waals surface area contributed by atoms with Crippen LogP contribution in [0.15, 0.2) is 41.0 Å². The van der Waals surface area contributed by atoms with E-state index in [1.165, 1.54) is 0 Å². The smallest absolute Gasteiger partial charge is 0.143 e. The number of aryl methyl sites for hydroxylation is 1. The molecule has 2 aromatic rings. The van der Waals surface area contributed by atoms with E-state index < -0.39 is 0 Å². The molecule has 2 rings (SSSR count). The van der Waals surface area contributed by atoms with Crippen LogP contribution in [0.2, 0.25) is 0 Å². The maximum absolute atomic E-state index is 5.70. The van der Waals surface area contributed by atoms with E-state index in [2.05, 4.69) is 26.3 Å². The van der Waals surface area contributed by atoms with Gasteiger partial charge in [0.15, 0.2) is 0 Å². The maximum atomic E-state index is 5.70. The van der Waals surface area contributed by atoms with Crippen LogP contribution < -0.4 is 16.0 Å². The number of aromatic nitrogens is 1. The molecule has 0 aliphatic rings. The number of nitrogen functional groups attached to an aromatic ring is 1. The van der Waals surface area contributed by atoms with Crippen molar-refractivity contribution in [2.75, 3.05) is 5.43 Å². The van der Waals surface area contributed by atoms with Gasteiger partial charge >= 0.3 is 0 Å². The summed E-state index contributed by atoms with van der Waals surface area (Å²) < 4.78 is 6.76. The standard InChI is InChI=1S/C12H12BrN3O/c1-8-6-9(2-3-11(8)13)17-10-4-5-15-12(7-10)16-14/h2-7H,14H2,1H3,(H,15,16). The number of anilines is 1. The average molecular weight is 294 g/mol. The number of benzene rings is 1. The van der Waals surface area contributed by atoms with E-state index in [1.54, 1.807) is 18.3 Å². The summed E-state index contributed by atoms with van der Waals surface area (Å²) in [4.78, 5) is 4.01. The Morgan fingerprint density at radius 1 is 1.24 bits per heavy atom. The van der Waals surface area contributed by atoms with Gasteiger partial charge in [-0.2, -0.15) is 0 Å². The number of halogens is 1. The van der Waals surface area contributed by atoms with Crippen molar-refractivity contribution in [3.8, 4) is 11.5 Å². The summed E-state index contributed by atoms with van der Waals surface area (Å²) in [5, 5.41) is 0. The summed E-state index contributed by atoms with van der Waals surface area (Å²) in [5.74, 6) is 7.32. The summed E-state index contributed by atoms with van der Waals surface area (Å²) in [6.07, 6.45) is 1.64. The van der Waals surface area contributed by atoms with E-state index >= 15 is 0 Å². The highest BCUT2D eigenvalue weighted by atomic mass is 79.9. The first-order chi connectivity index (χ1) is 8.19. The summed E-state index contributed by atoms with van der Waals surface area (Å²) in [5.41, 5.74) is 3.59. The van der Waals surface area contributed by atoms with Crippen LogP contribution in [0.5, 0.6) is 11.5 Å². The maximum Gasteiger partial charge on any atom is 0.143 e. The van der Waals surface area contributed by atoms with Gasteiger partial charge in [-0.25, -0.2) is 10.8 Å². The summed E-state index contributed by atoms with van der Waals surface area (Å²) >= 11 is 3.45. The van der Waals surface area contributed by atoms with Crippen LogP contribution in [0.1, 0.15) is 5.56 Å². The van der Waals surface area contributed by atoms with Crippen LogP contribution in [0.3, 0.4) is 0 Å². The minimum atomic E-state index is 0.566. The fourth-order valence-corrected chi connectivity index (χ4v) is 1.62. The van der Waals surface area contributed by atoms with Crippen LogP contribution >= 0.6 is 15.9 Å². The molecule has 5 heteroatoms. The largest absolute Gasteiger partial charge is 0.457 e. The number of hydrogen-bond acceptors (Lipinski definition) is 4. The zero-order valence-electron chi connectivity index (χ0n) is 9.27. The molecule has 88 valence electrons. The lowest BCUT2D eigenvalue weighted by atomic mass is 10.2. The van der Waals surface area contributed by atoms with E-state index in [4.69, 9.17) is 10.6 Å². The van der Waals surface area contributed by atoms with E-state index in [0.717, 1.165) is 15.8 Å². The fourth-order valence-electron chi connectivity index (χ4n) is 1.37. The van der Waals surface area contributed by atoms with E-state index in [-0.39, 0.29) is 0 Å². The Bertz CT molecular complexity index is 531. The van der Waals surface area contributed by atoms with Crippen LogP contribution in [0.4, 0.5) is 5.82 Å². The van der Waals surface area contributed by atoms with Crippen LogP contribution in [0, 0.1) is 6.92 Å². The van der Waals surface area contributed by atoms with Gasteiger partial charge in [0.2, 0.25) is 0 Å². The molecule has 0 radical (unpaired) electrons. The molecule has 0 bridgehead atoms. The molecule has 0 aliphatic carbocycles. The van der Waals surface area contributed by atoms with Gasteiger partial charge in [0.1, 0.15) is 17.3 Å². The predicted molar refractivity (Wildman–Crippen MR) is 71.0 cm³/mol. The SMILES string of the molecule is Cc1cc(Oc2ccnc(NN)c2)ccc1Br. The molecule has 0 saturated carbocycles. The Morgan fingerprint density at radius 3 is 2.71 bits per heavy atom. The highest BCUT2D eigenvalue weighted by Gasteiger charge is 2.01. The zero-order valence-corrected chi connectivity index (χ0v) is 10.9. The molecule has 0 amide bonds. The van der Waals surface area contributed by atoms with Crippen molar-refractivity contribution in [1.29, 1.82) is 0 Å². The van der Waals surface area contributed by atoms with Crippen molar-refractivity contribution in [2.24, 2.45) is 5.84 Å². The monoisotopic (exact) mass is 293 g/mol. The third-order valence-corrected chi connectivity index (χ3v) is 3.13. The van der Waals surface area contributed by atoms with Crippen LogP contribution in [0.25, 0.3) is 0 Å². The lowest BCUT2D eigenvalue weighted by Crippen LogP contribution is -2.08. The molecule has 4 nitrogen and oxygen atoms in total. The number of nitrogens with zero attached hydrogens (tertiary/aromatic N) is 1. The summed E-state index contributed by atoms with van der Waals surface area (Å²) in [6.45, 7) is 2.01. The zero-order chi connectivity index (χ0) is 12.3. The van der Waals surface area contributed by atoms with Crippen molar-refractivity contribution in [2.45, 2.75) is 6.92 Å². The van der Waals surface area contributed by atoms with Gasteiger partial charge in [-0.3, -0.25) is 0 Å². The average Bonchev–Trinajstić information content (AvgIpc) is 2.34. The Labute approximate surface area is 108 Å². The van der Waals surface area contributed by atoms with E-state index in [0.29, 0.717) is 11.6 Å². The number of pyridine rings is 1. The third kappa shape index (κ3) is 2.95. The molecule has 0 aliphatic heterocycles. The number of hydrazine groups is 1. The van der Waals surface area contributed by atoms with Gasteiger partial charge < -0.3 is 10.2 Å². The minimum Gasteiger partial charge on any atom is -0.457 e. The van der Waals surface area contributed by atoms with Crippen LogP contribution in [-0.4, -0.2) is 4.98 Å². The van der Waals surface area contributed by atoms with Gasteiger partial charge in [0, 0.05) is 16.7 Å². The number of ether oxygens (including phenoxy) is 1. The second-order valence-corrected chi connectivity index (χ2v) is 4.39. The Hall–Kier alpha value is -1.59. The summed E-state index contributed by atoms with van der Waals surface area (Å²) in [7, 11) is 0. The highest BCUT2D eigenvalue weighted by Crippen LogP contribution is 2.26.